The van der Waals surface area contributed by atoms with Gasteiger partial charge >= 0.3 is 15.6 Å². The second-order valence-electron chi connectivity index (χ2n) is 5.11. The minimum absolute atomic E-state index is 0.245. The zero-order valence-electron chi connectivity index (χ0n) is 14.5. The van der Waals surface area contributed by atoms with Crippen LogP contribution in [0.5, 0.6) is 5.75 Å². The molecule has 9 heteroatoms. The summed E-state index contributed by atoms with van der Waals surface area (Å²) in [7, 11) is -5.69. The largest absolute Gasteiger partial charge is 0.534 e. The highest BCUT2D eigenvalue weighted by molar-refractivity contribution is 7.88. The maximum atomic E-state index is 12.5. The molecule has 0 aromatic heterocycles. The molecule has 0 saturated carbocycles. The summed E-state index contributed by atoms with van der Waals surface area (Å²) in [4.78, 5) is 9.18. The van der Waals surface area contributed by atoms with Gasteiger partial charge in [0.15, 0.2) is 5.75 Å². The summed E-state index contributed by atoms with van der Waals surface area (Å²) < 4.78 is 68.8. The zero-order valence-corrected chi connectivity index (χ0v) is 15.3. The summed E-state index contributed by atoms with van der Waals surface area (Å²) in [6, 6.07) is 8.35. The third kappa shape index (κ3) is 5.10. The summed E-state index contributed by atoms with van der Waals surface area (Å²) in [5.74, 6) is -0.245. The molecule has 2 aromatic carbocycles. The van der Waals surface area contributed by atoms with E-state index in [2.05, 4.69) is 8.92 Å². The number of carbonyl (C=O) groups is 1. The van der Waals surface area contributed by atoms with Gasteiger partial charge in [0, 0.05) is 5.39 Å². The van der Waals surface area contributed by atoms with E-state index < -0.39 is 15.6 Å². The molecule has 26 heavy (non-hydrogen) atoms. The van der Waals surface area contributed by atoms with Crippen LogP contribution >= 0.6 is 0 Å². The molecule has 0 atom stereocenters. The molecule has 0 heterocycles. The van der Waals surface area contributed by atoms with Crippen molar-refractivity contribution in [3.63, 3.8) is 0 Å². The van der Waals surface area contributed by atoms with Crippen molar-refractivity contribution in [2.24, 2.45) is 0 Å². The molecular formula is C17H19F3O5S. The van der Waals surface area contributed by atoms with Gasteiger partial charge < -0.3 is 8.92 Å². The Morgan fingerprint density at radius 1 is 1.15 bits per heavy atom. The van der Waals surface area contributed by atoms with E-state index in [-0.39, 0.29) is 5.75 Å². The average molecular weight is 392 g/mol. The van der Waals surface area contributed by atoms with Crippen LogP contribution in [0.1, 0.15) is 25.0 Å². The fourth-order valence-electron chi connectivity index (χ4n) is 2.25. The summed E-state index contributed by atoms with van der Waals surface area (Å²) >= 11 is 0. The fourth-order valence-corrected chi connectivity index (χ4v) is 2.76. The van der Waals surface area contributed by atoms with E-state index >= 15 is 0 Å². The predicted octanol–water partition coefficient (Wildman–Crippen LogP) is 4.12. The quantitative estimate of drug-likeness (QED) is 0.435. The first-order valence-electron chi connectivity index (χ1n) is 7.66. The summed E-state index contributed by atoms with van der Waals surface area (Å²) in [5, 5.41) is 0.965. The van der Waals surface area contributed by atoms with Gasteiger partial charge in [0.1, 0.15) is 0 Å². The normalized spacial score (nSPS) is 11.5. The average Bonchev–Trinajstić information content (AvgIpc) is 2.55. The van der Waals surface area contributed by atoms with Crippen molar-refractivity contribution >= 4 is 27.4 Å². The molecule has 0 N–H and O–H groups in total. The van der Waals surface area contributed by atoms with Gasteiger partial charge in [-0.25, -0.2) is 0 Å². The zero-order chi connectivity index (χ0) is 20.0. The summed E-state index contributed by atoms with van der Waals surface area (Å²) in [6.07, 6.45) is 0.360. The highest BCUT2D eigenvalue weighted by Crippen LogP contribution is 2.36. The number of halogens is 3. The second-order valence-corrected chi connectivity index (χ2v) is 6.65. The van der Waals surface area contributed by atoms with E-state index in [0.29, 0.717) is 41.4 Å². The van der Waals surface area contributed by atoms with Crippen molar-refractivity contribution in [2.75, 3.05) is 6.61 Å². The lowest BCUT2D eigenvalue weighted by molar-refractivity contribution is -0.128. The lowest BCUT2D eigenvalue weighted by Gasteiger charge is -2.16. The molecule has 0 radical (unpaired) electrons. The number of fused-ring (bicyclic) bond motifs is 1. The Hall–Kier alpha value is -2.29. The number of hydrogen-bond acceptors (Lipinski definition) is 5. The van der Waals surface area contributed by atoms with Crippen LogP contribution in [0.4, 0.5) is 13.2 Å². The molecule has 144 valence electrons. The van der Waals surface area contributed by atoms with E-state index in [9.17, 15) is 26.4 Å². The molecule has 0 bridgehead atoms. The van der Waals surface area contributed by atoms with Crippen LogP contribution in [0.3, 0.4) is 0 Å². The van der Waals surface area contributed by atoms with E-state index in [1.807, 2.05) is 0 Å². The highest BCUT2D eigenvalue weighted by atomic mass is 32.2. The van der Waals surface area contributed by atoms with Gasteiger partial charge in [-0.2, -0.15) is 21.6 Å². The number of carbonyl (C=O) groups excluding carboxylic acids is 1. The standard InChI is InChI=1S/C14H13F3O3S.C3H6O2/c1-3-11-9(2)8-10-6-4-5-7-12(10)13(11)20-21(18,19)14(15,16)17;1-2-5-3-4/h4-8H,3H2,1-2H3;3H,2H2,1H3. The smallest absolute Gasteiger partial charge is 0.468 e. The van der Waals surface area contributed by atoms with Gasteiger partial charge in [-0.15, -0.1) is 0 Å². The van der Waals surface area contributed by atoms with Crippen molar-refractivity contribution < 1.29 is 35.3 Å². The Morgan fingerprint density at radius 2 is 1.77 bits per heavy atom. The number of benzene rings is 2. The van der Waals surface area contributed by atoms with Gasteiger partial charge in [-0.3, -0.25) is 4.79 Å². The van der Waals surface area contributed by atoms with Gasteiger partial charge in [0.2, 0.25) is 0 Å². The molecule has 0 saturated heterocycles. The topological polar surface area (TPSA) is 69.7 Å². The molecule has 0 unspecified atom stereocenters. The van der Waals surface area contributed by atoms with Gasteiger partial charge in [0.25, 0.3) is 6.47 Å². The van der Waals surface area contributed by atoms with Gasteiger partial charge in [0.05, 0.1) is 6.61 Å². The summed E-state index contributed by atoms with van der Waals surface area (Å²) in [5.41, 5.74) is -4.33. The molecule has 5 nitrogen and oxygen atoms in total. The van der Waals surface area contributed by atoms with E-state index in [1.165, 1.54) is 6.07 Å². The summed E-state index contributed by atoms with van der Waals surface area (Å²) in [6.45, 7) is 6.10. The molecule has 0 fully saturated rings. The molecule has 0 aliphatic heterocycles. The van der Waals surface area contributed by atoms with Crippen molar-refractivity contribution in [2.45, 2.75) is 32.7 Å². The van der Waals surface area contributed by atoms with Crippen LogP contribution in [-0.2, 0) is 26.1 Å². The number of ether oxygens (including phenoxy) is 1. The molecule has 0 amide bonds. The number of hydrogen-bond donors (Lipinski definition) is 0. The highest BCUT2D eigenvalue weighted by Gasteiger charge is 2.49. The first kappa shape index (κ1) is 21.8. The monoisotopic (exact) mass is 392 g/mol. The Bertz CT molecular complexity index is 861. The Morgan fingerprint density at radius 3 is 2.23 bits per heavy atom. The maximum absolute atomic E-state index is 12.5. The van der Waals surface area contributed by atoms with Crippen LogP contribution < -0.4 is 4.18 Å². The first-order chi connectivity index (χ1) is 12.1. The third-order valence-electron chi connectivity index (χ3n) is 3.39. The van der Waals surface area contributed by atoms with Crippen LogP contribution in [0.25, 0.3) is 10.8 Å². The van der Waals surface area contributed by atoms with Crippen molar-refractivity contribution in [1.82, 2.24) is 0 Å². The molecular weight excluding hydrogens is 373 g/mol. The van der Waals surface area contributed by atoms with Crippen molar-refractivity contribution in [3.8, 4) is 5.75 Å². The minimum atomic E-state index is -5.69. The van der Waals surface area contributed by atoms with E-state index in [0.717, 1.165) is 0 Å². The maximum Gasteiger partial charge on any atom is 0.534 e. The molecule has 0 spiro atoms. The molecule has 2 rings (SSSR count). The Kier molecular flexibility index (Phi) is 7.43. The van der Waals surface area contributed by atoms with Crippen LogP contribution in [0, 0.1) is 6.92 Å². The second kappa shape index (κ2) is 8.88. The number of alkyl halides is 3. The Labute approximate surface area is 149 Å². The lowest BCUT2D eigenvalue weighted by Crippen LogP contribution is -2.28. The van der Waals surface area contributed by atoms with Crippen molar-refractivity contribution in [1.29, 1.82) is 0 Å². The van der Waals surface area contributed by atoms with Crippen molar-refractivity contribution in [3.05, 3.63) is 41.5 Å². The Balaban J connectivity index is 0.000000597. The molecule has 2 aromatic rings. The SMILES string of the molecule is CCOC=O.CCc1c(C)cc2ccccc2c1OS(=O)(=O)C(F)(F)F. The third-order valence-corrected chi connectivity index (χ3v) is 4.35. The van der Waals surface area contributed by atoms with E-state index in [4.69, 9.17) is 0 Å². The predicted molar refractivity (Wildman–Crippen MR) is 91.4 cm³/mol. The molecule has 0 aliphatic carbocycles. The number of rotatable bonds is 5. The molecule has 0 aliphatic rings. The fraction of sp³-hybridized carbons (Fsp3) is 0.353. The first-order valence-corrected chi connectivity index (χ1v) is 9.07. The van der Waals surface area contributed by atoms with E-state index in [1.54, 1.807) is 45.0 Å². The number of aryl methyl sites for hydroxylation is 1. The van der Waals surface area contributed by atoms with Crippen LogP contribution in [0.2, 0.25) is 0 Å². The van der Waals surface area contributed by atoms with Gasteiger partial charge in [-0.1, -0.05) is 37.3 Å². The minimum Gasteiger partial charge on any atom is -0.468 e. The lowest BCUT2D eigenvalue weighted by atomic mass is 9.99. The van der Waals surface area contributed by atoms with Gasteiger partial charge in [-0.05, 0) is 36.8 Å². The van der Waals surface area contributed by atoms with Crippen LogP contribution in [-0.4, -0.2) is 27.0 Å². The van der Waals surface area contributed by atoms with Crippen LogP contribution in [0.15, 0.2) is 30.3 Å².